The van der Waals surface area contributed by atoms with Crippen LogP contribution in [0.5, 0.6) is 11.5 Å². The molecule has 110 valence electrons. The van der Waals surface area contributed by atoms with E-state index in [1.54, 1.807) is 24.3 Å². The monoisotopic (exact) mass is 302 g/mol. The summed E-state index contributed by atoms with van der Waals surface area (Å²) in [6.07, 6.45) is 0. The minimum absolute atomic E-state index is 0.0475. The van der Waals surface area contributed by atoms with Gasteiger partial charge in [-0.15, -0.1) is 0 Å². The van der Waals surface area contributed by atoms with Gasteiger partial charge < -0.3 is 10.5 Å². The van der Waals surface area contributed by atoms with Gasteiger partial charge in [0.1, 0.15) is 17.3 Å². The van der Waals surface area contributed by atoms with Crippen molar-refractivity contribution in [1.29, 1.82) is 5.41 Å². The number of hydrogen-bond donors (Lipinski definition) is 2. The lowest BCUT2D eigenvalue weighted by molar-refractivity contribution is 0.478. The molecule has 3 nitrogen and oxygen atoms in total. The van der Waals surface area contributed by atoms with Crippen LogP contribution in [0.25, 0.3) is 0 Å². The van der Waals surface area contributed by atoms with E-state index in [9.17, 15) is 0 Å². The van der Waals surface area contributed by atoms with Gasteiger partial charge in [-0.2, -0.15) is 0 Å². The average Bonchev–Trinajstić information content (AvgIpc) is 2.42. The molecule has 4 heteroatoms. The van der Waals surface area contributed by atoms with Gasteiger partial charge in [0, 0.05) is 10.6 Å². The van der Waals surface area contributed by atoms with Crippen molar-refractivity contribution in [3.8, 4) is 11.5 Å². The summed E-state index contributed by atoms with van der Waals surface area (Å²) in [5.74, 6) is 1.88. The second-order valence-electron chi connectivity index (χ2n) is 5.33. The van der Waals surface area contributed by atoms with E-state index in [4.69, 9.17) is 27.5 Å². The highest BCUT2D eigenvalue weighted by Gasteiger charge is 2.11. The van der Waals surface area contributed by atoms with Gasteiger partial charge in [0.2, 0.25) is 0 Å². The SMILES string of the molecule is Cc1cc(Cl)c(C(C)C)cc1Oc1ccc(C(=N)N)cc1. The molecule has 0 aliphatic heterocycles. The van der Waals surface area contributed by atoms with Crippen molar-refractivity contribution in [2.75, 3.05) is 0 Å². The first kappa shape index (κ1) is 15.4. The normalized spacial score (nSPS) is 10.7. The molecule has 0 radical (unpaired) electrons. The second kappa shape index (κ2) is 6.19. The Morgan fingerprint density at radius 1 is 1.19 bits per heavy atom. The molecule has 2 rings (SSSR count). The largest absolute Gasteiger partial charge is 0.457 e. The highest BCUT2D eigenvalue weighted by Crippen LogP contribution is 2.33. The fourth-order valence-electron chi connectivity index (χ4n) is 2.05. The minimum Gasteiger partial charge on any atom is -0.457 e. The summed E-state index contributed by atoms with van der Waals surface area (Å²) in [6.45, 7) is 6.17. The number of hydrogen-bond acceptors (Lipinski definition) is 2. The highest BCUT2D eigenvalue weighted by atomic mass is 35.5. The molecule has 0 aliphatic carbocycles. The van der Waals surface area contributed by atoms with E-state index in [0.29, 0.717) is 17.2 Å². The fraction of sp³-hybridized carbons (Fsp3) is 0.235. The van der Waals surface area contributed by atoms with Gasteiger partial charge in [0.25, 0.3) is 0 Å². The number of nitrogens with one attached hydrogen (secondary N) is 1. The molecule has 0 atom stereocenters. The van der Waals surface area contributed by atoms with Gasteiger partial charge in [-0.25, -0.2) is 0 Å². The molecule has 0 heterocycles. The molecule has 0 saturated heterocycles. The van der Waals surface area contributed by atoms with E-state index in [-0.39, 0.29) is 5.84 Å². The Kier molecular flexibility index (Phi) is 4.53. The lowest BCUT2D eigenvalue weighted by atomic mass is 10.0. The Balaban J connectivity index is 2.30. The van der Waals surface area contributed by atoms with Gasteiger partial charge in [0.05, 0.1) is 0 Å². The number of halogens is 1. The maximum atomic E-state index is 7.38. The summed E-state index contributed by atoms with van der Waals surface area (Å²) in [6, 6.07) is 11.1. The lowest BCUT2D eigenvalue weighted by Crippen LogP contribution is -2.10. The minimum atomic E-state index is 0.0475. The summed E-state index contributed by atoms with van der Waals surface area (Å²) in [5.41, 5.74) is 8.17. The molecule has 0 aromatic heterocycles. The zero-order valence-electron chi connectivity index (χ0n) is 12.4. The van der Waals surface area contributed by atoms with Gasteiger partial charge >= 0.3 is 0 Å². The van der Waals surface area contributed by atoms with Crippen molar-refractivity contribution >= 4 is 17.4 Å². The molecule has 0 saturated carbocycles. The summed E-state index contributed by atoms with van der Waals surface area (Å²) in [7, 11) is 0. The van der Waals surface area contributed by atoms with Crippen LogP contribution in [0.15, 0.2) is 36.4 Å². The van der Waals surface area contributed by atoms with Crippen molar-refractivity contribution in [3.05, 3.63) is 58.1 Å². The van der Waals surface area contributed by atoms with E-state index in [0.717, 1.165) is 21.9 Å². The number of benzene rings is 2. The third kappa shape index (κ3) is 3.56. The Morgan fingerprint density at radius 3 is 2.33 bits per heavy atom. The molecular weight excluding hydrogens is 284 g/mol. The van der Waals surface area contributed by atoms with Crippen molar-refractivity contribution in [1.82, 2.24) is 0 Å². The Morgan fingerprint density at radius 2 is 1.81 bits per heavy atom. The Bertz CT molecular complexity index is 663. The molecule has 0 aliphatic rings. The number of ether oxygens (including phenoxy) is 1. The molecule has 0 fully saturated rings. The molecule has 3 N–H and O–H groups in total. The number of rotatable bonds is 4. The van der Waals surface area contributed by atoms with Crippen molar-refractivity contribution in [2.45, 2.75) is 26.7 Å². The van der Waals surface area contributed by atoms with Crippen LogP contribution in [-0.2, 0) is 0 Å². The number of nitrogens with two attached hydrogens (primary N) is 1. The molecule has 0 bridgehead atoms. The molecule has 0 amide bonds. The third-order valence-corrected chi connectivity index (χ3v) is 3.64. The van der Waals surface area contributed by atoms with Crippen LogP contribution in [0.2, 0.25) is 5.02 Å². The van der Waals surface area contributed by atoms with E-state index < -0.39 is 0 Å². The predicted octanol–water partition coefficient (Wildman–Crippen LogP) is 4.85. The van der Waals surface area contributed by atoms with Crippen molar-refractivity contribution in [3.63, 3.8) is 0 Å². The zero-order chi connectivity index (χ0) is 15.6. The van der Waals surface area contributed by atoms with Gasteiger partial charge in [-0.05, 0) is 60.4 Å². The van der Waals surface area contributed by atoms with Gasteiger partial charge in [-0.1, -0.05) is 25.4 Å². The molecule has 21 heavy (non-hydrogen) atoms. The van der Waals surface area contributed by atoms with Crippen LogP contribution in [0, 0.1) is 12.3 Å². The number of amidine groups is 1. The maximum absolute atomic E-state index is 7.38. The average molecular weight is 303 g/mol. The van der Waals surface area contributed by atoms with E-state index in [1.165, 1.54) is 0 Å². The van der Waals surface area contributed by atoms with Crippen LogP contribution in [0.4, 0.5) is 0 Å². The smallest absolute Gasteiger partial charge is 0.130 e. The first-order valence-corrected chi connectivity index (χ1v) is 7.18. The lowest BCUT2D eigenvalue weighted by Gasteiger charge is -2.14. The predicted molar refractivity (Wildman–Crippen MR) is 87.8 cm³/mol. The number of aryl methyl sites for hydroxylation is 1. The van der Waals surface area contributed by atoms with Crippen molar-refractivity contribution in [2.24, 2.45) is 5.73 Å². The molecule has 0 spiro atoms. The van der Waals surface area contributed by atoms with E-state index in [2.05, 4.69) is 13.8 Å². The van der Waals surface area contributed by atoms with Crippen LogP contribution < -0.4 is 10.5 Å². The zero-order valence-corrected chi connectivity index (χ0v) is 13.2. The molecular formula is C17H19ClN2O. The third-order valence-electron chi connectivity index (χ3n) is 3.31. The van der Waals surface area contributed by atoms with E-state index in [1.807, 2.05) is 19.1 Å². The highest BCUT2D eigenvalue weighted by molar-refractivity contribution is 6.31. The van der Waals surface area contributed by atoms with Gasteiger partial charge in [0.15, 0.2) is 0 Å². The number of nitrogen functional groups attached to an aromatic ring is 1. The summed E-state index contributed by atoms with van der Waals surface area (Å²) < 4.78 is 5.92. The van der Waals surface area contributed by atoms with Crippen LogP contribution in [0.1, 0.15) is 36.5 Å². The standard InChI is InChI=1S/C17H19ClN2O/c1-10(2)14-9-16(11(3)8-15(14)18)21-13-6-4-12(5-7-13)17(19)20/h4-10H,1-3H3,(H3,19,20). The molecule has 2 aromatic rings. The Labute approximate surface area is 130 Å². The summed E-state index contributed by atoms with van der Waals surface area (Å²) in [4.78, 5) is 0. The van der Waals surface area contributed by atoms with Crippen LogP contribution >= 0.6 is 11.6 Å². The van der Waals surface area contributed by atoms with E-state index >= 15 is 0 Å². The second-order valence-corrected chi connectivity index (χ2v) is 5.74. The maximum Gasteiger partial charge on any atom is 0.130 e. The van der Waals surface area contributed by atoms with Crippen LogP contribution in [0.3, 0.4) is 0 Å². The quantitative estimate of drug-likeness (QED) is 0.626. The Hall–Kier alpha value is -2.00. The summed E-state index contributed by atoms with van der Waals surface area (Å²) in [5, 5.41) is 8.15. The van der Waals surface area contributed by atoms with Crippen molar-refractivity contribution < 1.29 is 4.74 Å². The molecule has 0 unspecified atom stereocenters. The first-order valence-electron chi connectivity index (χ1n) is 6.81. The first-order chi connectivity index (χ1) is 9.88. The molecule has 2 aromatic carbocycles. The fourth-order valence-corrected chi connectivity index (χ4v) is 2.49. The topological polar surface area (TPSA) is 59.1 Å². The van der Waals surface area contributed by atoms with Crippen LogP contribution in [-0.4, -0.2) is 5.84 Å². The summed E-state index contributed by atoms with van der Waals surface area (Å²) >= 11 is 6.26. The van der Waals surface area contributed by atoms with Gasteiger partial charge in [-0.3, -0.25) is 5.41 Å².